The molecular formula is C14H29N2+. The van der Waals surface area contributed by atoms with Crippen LogP contribution in [-0.4, -0.2) is 54.7 Å². The van der Waals surface area contributed by atoms with Crippen molar-refractivity contribution in [2.24, 2.45) is 5.41 Å². The SMILES string of the molecule is CC(C)N1CC2(CC[N+](C)(C(C)C)CC2)C1. The summed E-state index contributed by atoms with van der Waals surface area (Å²) in [7, 11) is 2.44. The molecule has 2 saturated heterocycles. The Kier molecular flexibility index (Phi) is 3.09. The van der Waals surface area contributed by atoms with Gasteiger partial charge in [0.1, 0.15) is 0 Å². The molecule has 0 aromatic heterocycles. The Balaban J connectivity index is 1.88. The van der Waals surface area contributed by atoms with Gasteiger partial charge in [-0.25, -0.2) is 0 Å². The standard InChI is InChI=1S/C14H29N2/c1-12(2)15-10-14(11-15)6-8-16(5,9-7-14)13(3)4/h12-13H,6-11H2,1-5H3/q+1. The maximum Gasteiger partial charge on any atom is 0.0831 e. The molecule has 2 nitrogen and oxygen atoms in total. The van der Waals surface area contributed by atoms with Gasteiger partial charge in [0.15, 0.2) is 0 Å². The van der Waals surface area contributed by atoms with Crippen LogP contribution < -0.4 is 0 Å². The lowest BCUT2D eigenvalue weighted by Gasteiger charge is -2.57. The van der Waals surface area contributed by atoms with Gasteiger partial charge < -0.3 is 4.48 Å². The average molecular weight is 225 g/mol. The smallest absolute Gasteiger partial charge is 0.0831 e. The number of likely N-dealkylation sites (tertiary alicyclic amines) is 2. The second-order valence-corrected chi connectivity index (χ2v) is 7.02. The Bertz CT molecular complexity index is 241. The van der Waals surface area contributed by atoms with E-state index in [1.54, 1.807) is 0 Å². The number of rotatable bonds is 2. The molecule has 0 aliphatic carbocycles. The number of hydrogen-bond acceptors (Lipinski definition) is 1. The molecule has 0 radical (unpaired) electrons. The van der Waals surface area contributed by atoms with Crippen molar-refractivity contribution in [3.05, 3.63) is 0 Å². The zero-order valence-corrected chi connectivity index (χ0v) is 11.8. The third-order valence-electron chi connectivity index (χ3n) is 5.36. The van der Waals surface area contributed by atoms with Crippen LogP contribution in [0.15, 0.2) is 0 Å². The van der Waals surface area contributed by atoms with Gasteiger partial charge in [-0.2, -0.15) is 0 Å². The molecular weight excluding hydrogens is 196 g/mol. The molecule has 0 N–H and O–H groups in total. The molecule has 0 saturated carbocycles. The quantitative estimate of drug-likeness (QED) is 0.652. The van der Waals surface area contributed by atoms with E-state index >= 15 is 0 Å². The van der Waals surface area contributed by atoms with E-state index in [1.165, 1.54) is 43.5 Å². The van der Waals surface area contributed by atoms with E-state index in [2.05, 4.69) is 39.6 Å². The van der Waals surface area contributed by atoms with Crippen LogP contribution in [-0.2, 0) is 0 Å². The monoisotopic (exact) mass is 225 g/mol. The zero-order chi connectivity index (χ0) is 12.0. The number of nitrogens with zero attached hydrogens (tertiary/aromatic N) is 2. The first-order chi connectivity index (χ1) is 7.37. The molecule has 0 amide bonds. The maximum atomic E-state index is 2.63. The topological polar surface area (TPSA) is 3.24 Å². The van der Waals surface area contributed by atoms with Crippen LogP contribution in [0.25, 0.3) is 0 Å². The van der Waals surface area contributed by atoms with Crippen molar-refractivity contribution >= 4 is 0 Å². The van der Waals surface area contributed by atoms with Crippen molar-refractivity contribution in [3.8, 4) is 0 Å². The van der Waals surface area contributed by atoms with Gasteiger partial charge in [0.2, 0.25) is 0 Å². The lowest BCUT2D eigenvalue weighted by molar-refractivity contribution is -0.936. The highest BCUT2D eigenvalue weighted by molar-refractivity contribution is 4.97. The summed E-state index contributed by atoms with van der Waals surface area (Å²) in [5, 5.41) is 0. The summed E-state index contributed by atoms with van der Waals surface area (Å²) < 4.78 is 1.30. The van der Waals surface area contributed by atoms with E-state index in [0.717, 1.165) is 12.1 Å². The maximum absolute atomic E-state index is 2.63. The van der Waals surface area contributed by atoms with Crippen LogP contribution in [0.5, 0.6) is 0 Å². The Morgan fingerprint density at radius 1 is 1.00 bits per heavy atom. The molecule has 2 heterocycles. The summed E-state index contributed by atoms with van der Waals surface area (Å²) >= 11 is 0. The van der Waals surface area contributed by atoms with Gasteiger partial charge in [0.05, 0.1) is 26.2 Å². The fourth-order valence-corrected chi connectivity index (χ4v) is 3.24. The highest BCUT2D eigenvalue weighted by atomic mass is 15.4. The van der Waals surface area contributed by atoms with Crippen LogP contribution in [0, 0.1) is 5.41 Å². The predicted octanol–water partition coefficient (Wildman–Crippen LogP) is 2.35. The fraction of sp³-hybridized carbons (Fsp3) is 1.00. The average Bonchev–Trinajstić information content (AvgIpc) is 2.15. The van der Waals surface area contributed by atoms with E-state index < -0.39 is 0 Å². The van der Waals surface area contributed by atoms with Gasteiger partial charge >= 0.3 is 0 Å². The summed E-state index contributed by atoms with van der Waals surface area (Å²) in [6.45, 7) is 14.9. The number of quaternary nitrogens is 1. The van der Waals surface area contributed by atoms with Gasteiger partial charge in [-0.15, -0.1) is 0 Å². The number of hydrogen-bond donors (Lipinski definition) is 0. The van der Waals surface area contributed by atoms with E-state index in [-0.39, 0.29) is 0 Å². The molecule has 2 aliphatic rings. The molecule has 0 bridgehead atoms. The molecule has 0 atom stereocenters. The molecule has 0 aromatic rings. The van der Waals surface area contributed by atoms with Crippen LogP contribution in [0.2, 0.25) is 0 Å². The van der Waals surface area contributed by atoms with Crippen molar-refractivity contribution in [2.75, 3.05) is 33.2 Å². The van der Waals surface area contributed by atoms with Gasteiger partial charge in [0.25, 0.3) is 0 Å². The fourth-order valence-electron chi connectivity index (χ4n) is 3.24. The second kappa shape index (κ2) is 3.99. The van der Waals surface area contributed by atoms with Gasteiger partial charge in [-0.05, 0) is 27.7 Å². The van der Waals surface area contributed by atoms with Crippen molar-refractivity contribution in [1.82, 2.24) is 4.90 Å². The van der Waals surface area contributed by atoms with E-state index in [9.17, 15) is 0 Å². The molecule has 2 fully saturated rings. The minimum atomic E-state index is 0.705. The first kappa shape index (κ1) is 12.4. The molecule has 0 aromatic carbocycles. The van der Waals surface area contributed by atoms with Crippen LogP contribution in [0.1, 0.15) is 40.5 Å². The summed E-state index contributed by atoms with van der Waals surface area (Å²) in [5.41, 5.74) is 0.705. The lowest BCUT2D eigenvalue weighted by atomic mass is 9.70. The highest BCUT2D eigenvalue weighted by Crippen LogP contribution is 2.43. The summed E-state index contributed by atoms with van der Waals surface area (Å²) in [6, 6.07) is 1.54. The van der Waals surface area contributed by atoms with Gasteiger partial charge in [-0.1, -0.05) is 0 Å². The predicted molar refractivity (Wildman–Crippen MR) is 69.4 cm³/mol. The van der Waals surface area contributed by atoms with E-state index in [4.69, 9.17) is 0 Å². The zero-order valence-electron chi connectivity index (χ0n) is 11.8. The molecule has 94 valence electrons. The molecule has 0 unspecified atom stereocenters. The summed E-state index contributed by atoms with van der Waals surface area (Å²) in [4.78, 5) is 2.63. The lowest BCUT2D eigenvalue weighted by Crippen LogP contribution is -2.66. The third kappa shape index (κ3) is 2.02. The molecule has 16 heavy (non-hydrogen) atoms. The highest BCUT2D eigenvalue weighted by Gasteiger charge is 2.49. The van der Waals surface area contributed by atoms with Crippen molar-refractivity contribution < 1.29 is 4.48 Å². The van der Waals surface area contributed by atoms with E-state index in [0.29, 0.717) is 5.41 Å². The molecule has 2 aliphatic heterocycles. The van der Waals surface area contributed by atoms with Crippen LogP contribution in [0.3, 0.4) is 0 Å². The minimum Gasteiger partial charge on any atom is -0.324 e. The molecule has 2 heteroatoms. The Labute approximate surface area is 101 Å². The first-order valence-electron chi connectivity index (χ1n) is 6.95. The van der Waals surface area contributed by atoms with E-state index in [1.807, 2.05) is 0 Å². The summed E-state index contributed by atoms with van der Waals surface area (Å²) in [5.74, 6) is 0. The Morgan fingerprint density at radius 2 is 1.50 bits per heavy atom. The number of piperidine rings is 1. The largest absolute Gasteiger partial charge is 0.324 e. The third-order valence-corrected chi connectivity index (χ3v) is 5.36. The normalized spacial score (nSPS) is 28.7. The minimum absolute atomic E-state index is 0.705. The van der Waals surface area contributed by atoms with Gasteiger partial charge in [0, 0.05) is 37.4 Å². The molecule has 2 rings (SSSR count). The van der Waals surface area contributed by atoms with Crippen molar-refractivity contribution in [3.63, 3.8) is 0 Å². The molecule has 1 spiro atoms. The first-order valence-corrected chi connectivity index (χ1v) is 6.95. The van der Waals surface area contributed by atoms with Crippen molar-refractivity contribution in [1.29, 1.82) is 0 Å². The Hall–Kier alpha value is -0.0800. The van der Waals surface area contributed by atoms with Crippen LogP contribution in [0.4, 0.5) is 0 Å². The van der Waals surface area contributed by atoms with Gasteiger partial charge in [-0.3, -0.25) is 4.90 Å². The second-order valence-electron chi connectivity index (χ2n) is 7.02. The van der Waals surface area contributed by atoms with Crippen molar-refractivity contribution in [2.45, 2.75) is 52.6 Å². The Morgan fingerprint density at radius 3 is 1.88 bits per heavy atom. The van der Waals surface area contributed by atoms with Crippen LogP contribution >= 0.6 is 0 Å². The summed E-state index contributed by atoms with van der Waals surface area (Å²) in [6.07, 6.45) is 2.90.